The van der Waals surface area contributed by atoms with Gasteiger partial charge in [0.2, 0.25) is 5.91 Å². The highest BCUT2D eigenvalue weighted by atomic mass is 32.2. The molecular weight excluding hydrogens is 319 g/mol. The lowest BCUT2D eigenvalue weighted by Crippen LogP contribution is -2.36. The van der Waals surface area contributed by atoms with E-state index >= 15 is 0 Å². The Balaban J connectivity index is 3.04. The molecule has 0 unspecified atom stereocenters. The summed E-state index contributed by atoms with van der Waals surface area (Å²) in [5, 5.41) is 0.127. The molecule has 0 aliphatic carbocycles. The molecule has 1 N–H and O–H groups in total. The van der Waals surface area contributed by atoms with Crippen LogP contribution in [0.2, 0.25) is 0 Å². The number of halogens is 3. The molecule has 22 heavy (non-hydrogen) atoms. The Morgan fingerprint density at radius 3 is 2.18 bits per heavy atom. The summed E-state index contributed by atoms with van der Waals surface area (Å²) in [7, 11) is -3.68. The first-order valence-corrected chi connectivity index (χ1v) is 8.19. The van der Waals surface area contributed by atoms with E-state index in [-0.39, 0.29) is 11.3 Å². The topological polar surface area (TPSA) is 63.2 Å². The molecule has 0 heterocycles. The van der Waals surface area contributed by atoms with Crippen LogP contribution in [-0.2, 0) is 20.8 Å². The molecule has 0 fully saturated rings. The van der Waals surface area contributed by atoms with Gasteiger partial charge in [-0.2, -0.15) is 13.2 Å². The Hall–Kier alpha value is -1.57. The number of rotatable bonds is 4. The standard InChI is InChI=1S/C14H18F3NO3S/c1-8(2)22(20,21)10(4)13(19)18-11-6-5-9(3)12(7-11)14(15,16)17/h5-8,10H,1-4H3,(H,18,19)/t10-/m0/s1. The van der Waals surface area contributed by atoms with Gasteiger partial charge >= 0.3 is 6.18 Å². The highest BCUT2D eigenvalue weighted by Crippen LogP contribution is 2.33. The Morgan fingerprint density at radius 2 is 1.73 bits per heavy atom. The molecule has 1 amide bonds. The van der Waals surface area contributed by atoms with E-state index in [9.17, 15) is 26.4 Å². The molecule has 124 valence electrons. The number of carbonyl (C=O) groups excluding carboxylic acids is 1. The number of carbonyl (C=O) groups is 1. The Labute approximate surface area is 127 Å². The summed E-state index contributed by atoms with van der Waals surface area (Å²) in [4.78, 5) is 11.9. The molecule has 4 nitrogen and oxygen atoms in total. The number of nitrogens with one attached hydrogen (secondary N) is 1. The first kappa shape index (κ1) is 18.5. The predicted octanol–water partition coefficient (Wildman–Crippen LogP) is 3.16. The van der Waals surface area contributed by atoms with Crippen LogP contribution in [0, 0.1) is 6.92 Å². The lowest BCUT2D eigenvalue weighted by Gasteiger charge is -2.17. The zero-order chi connectivity index (χ0) is 17.3. The Morgan fingerprint density at radius 1 is 1.18 bits per heavy atom. The van der Waals surface area contributed by atoms with Crippen molar-refractivity contribution in [2.45, 2.75) is 44.4 Å². The van der Waals surface area contributed by atoms with Gasteiger partial charge in [0.05, 0.1) is 10.8 Å². The fourth-order valence-electron chi connectivity index (χ4n) is 1.81. The molecule has 0 aromatic heterocycles. The Kier molecular flexibility index (Phi) is 5.27. The summed E-state index contributed by atoms with van der Waals surface area (Å²) in [6.07, 6.45) is -4.54. The highest BCUT2D eigenvalue weighted by Gasteiger charge is 2.34. The van der Waals surface area contributed by atoms with Gasteiger partial charge in [0.25, 0.3) is 0 Å². The van der Waals surface area contributed by atoms with Crippen molar-refractivity contribution in [2.75, 3.05) is 5.32 Å². The smallest absolute Gasteiger partial charge is 0.325 e. The molecule has 0 spiro atoms. The molecule has 0 bridgehead atoms. The van der Waals surface area contributed by atoms with E-state index in [0.29, 0.717) is 0 Å². The first-order valence-electron chi connectivity index (χ1n) is 6.58. The molecule has 0 saturated carbocycles. The van der Waals surface area contributed by atoms with Crippen molar-refractivity contribution >= 4 is 21.4 Å². The SMILES string of the molecule is Cc1ccc(NC(=O)[C@H](C)S(=O)(=O)C(C)C)cc1C(F)(F)F. The van der Waals surface area contributed by atoms with Gasteiger partial charge in [0.1, 0.15) is 5.25 Å². The monoisotopic (exact) mass is 337 g/mol. The third-order valence-corrected chi connectivity index (χ3v) is 5.84. The van der Waals surface area contributed by atoms with Crippen molar-refractivity contribution in [2.24, 2.45) is 0 Å². The molecular formula is C14H18F3NO3S. The number of amides is 1. The van der Waals surface area contributed by atoms with Crippen LogP contribution in [0.25, 0.3) is 0 Å². The predicted molar refractivity (Wildman–Crippen MR) is 78.3 cm³/mol. The number of anilines is 1. The normalized spacial score (nSPS) is 14.0. The average Bonchev–Trinajstić information content (AvgIpc) is 2.38. The quantitative estimate of drug-likeness (QED) is 0.918. The third-order valence-electron chi connectivity index (χ3n) is 3.33. The van der Waals surface area contributed by atoms with Crippen molar-refractivity contribution in [3.05, 3.63) is 29.3 Å². The van der Waals surface area contributed by atoms with E-state index in [1.54, 1.807) is 0 Å². The second kappa shape index (κ2) is 6.28. The van der Waals surface area contributed by atoms with Crippen molar-refractivity contribution in [1.82, 2.24) is 0 Å². The maximum Gasteiger partial charge on any atom is 0.416 e. The fraction of sp³-hybridized carbons (Fsp3) is 0.500. The highest BCUT2D eigenvalue weighted by molar-refractivity contribution is 7.93. The zero-order valence-electron chi connectivity index (χ0n) is 12.7. The maximum absolute atomic E-state index is 12.8. The van der Waals surface area contributed by atoms with Crippen LogP contribution < -0.4 is 5.32 Å². The minimum Gasteiger partial charge on any atom is -0.325 e. The molecule has 0 radical (unpaired) electrons. The van der Waals surface area contributed by atoms with E-state index in [1.807, 2.05) is 0 Å². The molecule has 1 rings (SSSR count). The van der Waals surface area contributed by atoms with Crippen LogP contribution in [0.5, 0.6) is 0 Å². The number of sulfone groups is 1. The van der Waals surface area contributed by atoms with Gasteiger partial charge in [-0.3, -0.25) is 4.79 Å². The maximum atomic E-state index is 12.8. The minimum absolute atomic E-state index is 0.0216. The van der Waals surface area contributed by atoms with E-state index in [2.05, 4.69) is 5.32 Å². The molecule has 0 saturated heterocycles. The minimum atomic E-state index is -4.54. The number of hydrogen-bond donors (Lipinski definition) is 1. The summed E-state index contributed by atoms with van der Waals surface area (Å²) in [5.74, 6) is -0.856. The molecule has 0 aliphatic heterocycles. The molecule has 1 aromatic rings. The lowest BCUT2D eigenvalue weighted by atomic mass is 10.1. The number of benzene rings is 1. The summed E-state index contributed by atoms with van der Waals surface area (Å²) >= 11 is 0. The number of aryl methyl sites for hydroxylation is 1. The van der Waals surface area contributed by atoms with Gasteiger partial charge in [0.15, 0.2) is 9.84 Å². The van der Waals surface area contributed by atoms with Gasteiger partial charge in [0, 0.05) is 5.69 Å². The van der Waals surface area contributed by atoms with Crippen LogP contribution in [0.1, 0.15) is 31.9 Å². The van der Waals surface area contributed by atoms with E-state index in [4.69, 9.17) is 0 Å². The molecule has 0 aliphatic rings. The van der Waals surface area contributed by atoms with E-state index in [1.165, 1.54) is 39.8 Å². The van der Waals surface area contributed by atoms with Crippen LogP contribution in [0.3, 0.4) is 0 Å². The van der Waals surface area contributed by atoms with Gasteiger partial charge in [-0.1, -0.05) is 6.07 Å². The van der Waals surface area contributed by atoms with E-state index in [0.717, 1.165) is 6.07 Å². The summed E-state index contributed by atoms with van der Waals surface area (Å²) in [5.41, 5.74) is -0.938. The summed E-state index contributed by atoms with van der Waals surface area (Å²) < 4.78 is 62.2. The van der Waals surface area contributed by atoms with Gasteiger partial charge in [-0.15, -0.1) is 0 Å². The zero-order valence-corrected chi connectivity index (χ0v) is 13.5. The molecule has 1 atom stereocenters. The third kappa shape index (κ3) is 4.00. The summed E-state index contributed by atoms with van der Waals surface area (Å²) in [6.45, 7) is 5.39. The van der Waals surface area contributed by atoms with Gasteiger partial charge in [-0.25, -0.2) is 8.42 Å². The van der Waals surface area contributed by atoms with Crippen molar-refractivity contribution < 1.29 is 26.4 Å². The largest absolute Gasteiger partial charge is 0.416 e. The van der Waals surface area contributed by atoms with Crippen molar-refractivity contribution in [1.29, 1.82) is 0 Å². The van der Waals surface area contributed by atoms with Crippen LogP contribution in [-0.4, -0.2) is 24.8 Å². The van der Waals surface area contributed by atoms with Crippen molar-refractivity contribution in [3.8, 4) is 0 Å². The fourth-order valence-corrected chi connectivity index (χ4v) is 2.98. The average molecular weight is 337 g/mol. The van der Waals surface area contributed by atoms with Gasteiger partial charge < -0.3 is 5.32 Å². The van der Waals surface area contributed by atoms with Crippen LogP contribution in [0.4, 0.5) is 18.9 Å². The van der Waals surface area contributed by atoms with E-state index < -0.39 is 38.0 Å². The van der Waals surface area contributed by atoms with Gasteiger partial charge in [-0.05, 0) is 45.4 Å². The number of alkyl halides is 3. The molecule has 8 heteroatoms. The molecule has 1 aromatic carbocycles. The second-order valence-electron chi connectivity index (χ2n) is 5.30. The summed E-state index contributed by atoms with van der Waals surface area (Å²) in [6, 6.07) is 3.32. The van der Waals surface area contributed by atoms with Crippen molar-refractivity contribution in [3.63, 3.8) is 0 Å². The Bertz CT molecular complexity index is 666. The second-order valence-corrected chi connectivity index (χ2v) is 8.12. The number of hydrogen-bond acceptors (Lipinski definition) is 3. The van der Waals surface area contributed by atoms with Crippen LogP contribution >= 0.6 is 0 Å². The lowest BCUT2D eigenvalue weighted by molar-refractivity contribution is -0.138. The first-order chi connectivity index (χ1) is 9.87. The van der Waals surface area contributed by atoms with Crippen LogP contribution in [0.15, 0.2) is 18.2 Å².